The molecule has 1 saturated heterocycles. The summed E-state index contributed by atoms with van der Waals surface area (Å²) in [4.78, 5) is 18.7. The number of hydrogen-bond donors (Lipinski definition) is 1. The molecule has 2 heterocycles. The number of aromatic nitrogens is 2. The second kappa shape index (κ2) is 4.72. The highest BCUT2D eigenvalue weighted by Gasteiger charge is 2.24. The summed E-state index contributed by atoms with van der Waals surface area (Å²) in [5.74, 6) is 0.543. The van der Waals surface area contributed by atoms with Gasteiger partial charge in [-0.25, -0.2) is 4.98 Å². The van der Waals surface area contributed by atoms with Gasteiger partial charge >= 0.3 is 0 Å². The maximum atomic E-state index is 12.5. The minimum Gasteiger partial charge on any atom is -0.351 e. The summed E-state index contributed by atoms with van der Waals surface area (Å²) in [5, 5.41) is 3.31. The molecule has 1 aromatic rings. The van der Waals surface area contributed by atoms with Crippen molar-refractivity contribution < 1.29 is 0 Å². The zero-order valence-corrected chi connectivity index (χ0v) is 11.6. The van der Waals surface area contributed by atoms with Crippen molar-refractivity contribution >= 4 is 5.82 Å². The molecule has 1 aliphatic rings. The molecule has 1 aliphatic heterocycles. The van der Waals surface area contributed by atoms with Gasteiger partial charge in [0.25, 0.3) is 5.56 Å². The second-order valence-electron chi connectivity index (χ2n) is 5.85. The van der Waals surface area contributed by atoms with Crippen molar-refractivity contribution in [2.24, 2.45) is 0 Å². The minimum absolute atomic E-state index is 0.0144. The Balaban J connectivity index is 2.37. The van der Waals surface area contributed by atoms with Crippen LogP contribution < -0.4 is 15.8 Å². The van der Waals surface area contributed by atoms with Crippen LogP contribution in [0.25, 0.3) is 0 Å². The summed E-state index contributed by atoms with van der Waals surface area (Å²) in [6, 6.07) is 0.362. The van der Waals surface area contributed by atoms with E-state index < -0.39 is 0 Å². The summed E-state index contributed by atoms with van der Waals surface area (Å²) < 4.78 is 1.74. The quantitative estimate of drug-likeness (QED) is 0.843. The van der Waals surface area contributed by atoms with Crippen LogP contribution >= 0.6 is 0 Å². The van der Waals surface area contributed by atoms with Crippen molar-refractivity contribution in [1.82, 2.24) is 14.9 Å². The van der Waals surface area contributed by atoms with Crippen molar-refractivity contribution in [3.8, 4) is 0 Å². The minimum atomic E-state index is -0.219. The Morgan fingerprint density at radius 3 is 2.78 bits per heavy atom. The Kier molecular flexibility index (Phi) is 3.43. The molecule has 2 rings (SSSR count). The molecule has 1 atom stereocenters. The summed E-state index contributed by atoms with van der Waals surface area (Å²) in [5.41, 5.74) is -0.233. The molecular formula is C13H22N4O. The first-order valence-electron chi connectivity index (χ1n) is 6.43. The van der Waals surface area contributed by atoms with E-state index in [4.69, 9.17) is 0 Å². The van der Waals surface area contributed by atoms with E-state index in [1.165, 1.54) is 0 Å². The molecule has 1 N–H and O–H groups in total. The monoisotopic (exact) mass is 250 g/mol. The number of anilines is 1. The van der Waals surface area contributed by atoms with Gasteiger partial charge in [-0.1, -0.05) is 0 Å². The lowest BCUT2D eigenvalue weighted by Crippen LogP contribution is -2.42. The summed E-state index contributed by atoms with van der Waals surface area (Å²) in [7, 11) is 1.95. The van der Waals surface area contributed by atoms with E-state index in [0.717, 1.165) is 19.5 Å². The van der Waals surface area contributed by atoms with Crippen LogP contribution in [0.4, 0.5) is 5.82 Å². The zero-order chi connectivity index (χ0) is 13.3. The smallest absolute Gasteiger partial charge is 0.293 e. The molecule has 0 bridgehead atoms. The second-order valence-corrected chi connectivity index (χ2v) is 5.85. The molecular weight excluding hydrogens is 228 g/mol. The van der Waals surface area contributed by atoms with Crippen LogP contribution in [-0.2, 0) is 5.54 Å². The Labute approximate surface area is 108 Å². The lowest BCUT2D eigenvalue weighted by Gasteiger charge is -2.27. The molecule has 0 aliphatic carbocycles. The summed E-state index contributed by atoms with van der Waals surface area (Å²) >= 11 is 0. The third-order valence-electron chi connectivity index (χ3n) is 3.46. The van der Waals surface area contributed by atoms with Gasteiger partial charge in [-0.2, -0.15) is 0 Å². The van der Waals surface area contributed by atoms with Gasteiger partial charge < -0.3 is 14.8 Å². The average Bonchev–Trinajstić information content (AvgIpc) is 2.80. The van der Waals surface area contributed by atoms with Gasteiger partial charge in [0.05, 0.1) is 0 Å². The molecule has 0 saturated carbocycles. The first kappa shape index (κ1) is 13.1. The van der Waals surface area contributed by atoms with E-state index in [-0.39, 0.29) is 11.1 Å². The summed E-state index contributed by atoms with van der Waals surface area (Å²) in [6.07, 6.45) is 4.52. The molecule has 0 spiro atoms. The topological polar surface area (TPSA) is 50.2 Å². The Bertz CT molecular complexity index is 469. The van der Waals surface area contributed by atoms with E-state index in [2.05, 4.69) is 10.3 Å². The third kappa shape index (κ3) is 2.41. The Hall–Kier alpha value is -1.36. The van der Waals surface area contributed by atoms with E-state index >= 15 is 0 Å². The number of rotatable bonds is 2. The van der Waals surface area contributed by atoms with Crippen LogP contribution in [0.2, 0.25) is 0 Å². The van der Waals surface area contributed by atoms with Crippen LogP contribution in [0.3, 0.4) is 0 Å². The van der Waals surface area contributed by atoms with E-state index in [0.29, 0.717) is 11.9 Å². The number of hydrogen-bond acceptors (Lipinski definition) is 4. The Morgan fingerprint density at radius 2 is 2.22 bits per heavy atom. The van der Waals surface area contributed by atoms with Crippen molar-refractivity contribution in [2.45, 2.75) is 38.8 Å². The lowest BCUT2D eigenvalue weighted by molar-refractivity contribution is 0.382. The van der Waals surface area contributed by atoms with Crippen molar-refractivity contribution in [3.05, 3.63) is 22.7 Å². The Morgan fingerprint density at radius 1 is 1.50 bits per heavy atom. The van der Waals surface area contributed by atoms with Crippen LogP contribution in [-0.4, -0.2) is 35.7 Å². The molecule has 18 heavy (non-hydrogen) atoms. The highest BCUT2D eigenvalue weighted by molar-refractivity contribution is 5.36. The first-order valence-corrected chi connectivity index (χ1v) is 6.43. The molecule has 100 valence electrons. The standard InChI is InChI=1S/C13H22N4O/c1-13(2,3)17-8-7-15-11(12(17)18)16(4)10-5-6-14-9-10/h7-8,10,14H,5-6,9H2,1-4H3. The van der Waals surface area contributed by atoms with E-state index in [9.17, 15) is 4.79 Å². The van der Waals surface area contributed by atoms with Gasteiger partial charge in [0.15, 0.2) is 5.82 Å². The van der Waals surface area contributed by atoms with Crippen LogP contribution in [0.5, 0.6) is 0 Å². The van der Waals surface area contributed by atoms with E-state index in [1.807, 2.05) is 32.7 Å². The largest absolute Gasteiger partial charge is 0.351 e. The van der Waals surface area contributed by atoms with Crippen LogP contribution in [0.1, 0.15) is 27.2 Å². The molecule has 0 radical (unpaired) electrons. The van der Waals surface area contributed by atoms with Crippen LogP contribution in [0, 0.1) is 0 Å². The fraction of sp³-hybridized carbons (Fsp3) is 0.692. The molecule has 5 nitrogen and oxygen atoms in total. The van der Waals surface area contributed by atoms with E-state index in [1.54, 1.807) is 17.0 Å². The zero-order valence-electron chi connectivity index (χ0n) is 11.6. The first-order chi connectivity index (χ1) is 8.41. The maximum absolute atomic E-state index is 12.5. The predicted molar refractivity (Wildman–Crippen MR) is 73.2 cm³/mol. The highest BCUT2D eigenvalue weighted by Crippen LogP contribution is 2.15. The van der Waals surface area contributed by atoms with Gasteiger partial charge in [-0.05, 0) is 33.7 Å². The number of nitrogens with one attached hydrogen (secondary N) is 1. The fourth-order valence-electron chi connectivity index (χ4n) is 2.31. The van der Waals surface area contributed by atoms with Gasteiger partial charge in [-0.3, -0.25) is 4.79 Å². The third-order valence-corrected chi connectivity index (χ3v) is 3.46. The normalized spacial score (nSPS) is 20.1. The molecule has 0 amide bonds. The lowest BCUT2D eigenvalue weighted by atomic mass is 10.1. The van der Waals surface area contributed by atoms with Crippen molar-refractivity contribution in [1.29, 1.82) is 0 Å². The molecule has 1 fully saturated rings. The van der Waals surface area contributed by atoms with Crippen molar-refractivity contribution in [2.75, 3.05) is 25.0 Å². The molecule has 0 aromatic carbocycles. The van der Waals surface area contributed by atoms with Gasteiger partial charge in [0.2, 0.25) is 0 Å². The SMILES string of the molecule is CN(c1nccn(C(C)(C)C)c1=O)C1CCNC1. The number of likely N-dealkylation sites (N-methyl/N-ethyl adjacent to an activating group) is 1. The van der Waals surface area contributed by atoms with Gasteiger partial charge in [-0.15, -0.1) is 0 Å². The van der Waals surface area contributed by atoms with Crippen molar-refractivity contribution in [3.63, 3.8) is 0 Å². The fourth-order valence-corrected chi connectivity index (χ4v) is 2.31. The highest BCUT2D eigenvalue weighted by atomic mass is 16.1. The van der Waals surface area contributed by atoms with Crippen LogP contribution in [0.15, 0.2) is 17.2 Å². The maximum Gasteiger partial charge on any atom is 0.293 e. The molecule has 1 aromatic heterocycles. The number of nitrogens with zero attached hydrogens (tertiary/aromatic N) is 3. The molecule has 1 unspecified atom stereocenters. The average molecular weight is 250 g/mol. The van der Waals surface area contributed by atoms with Gasteiger partial charge in [0.1, 0.15) is 0 Å². The summed E-state index contributed by atoms with van der Waals surface area (Å²) in [6.45, 7) is 8.00. The predicted octanol–water partition coefficient (Wildman–Crippen LogP) is 0.796. The van der Waals surface area contributed by atoms with Gasteiger partial charge in [0, 0.05) is 37.6 Å². The molecule has 5 heteroatoms.